The van der Waals surface area contributed by atoms with E-state index in [0.29, 0.717) is 30.1 Å². The molecule has 0 unspecified atom stereocenters. The minimum absolute atomic E-state index is 0.0296. The van der Waals surface area contributed by atoms with Gasteiger partial charge in [-0.05, 0) is 35.7 Å². The third-order valence-electron chi connectivity index (χ3n) is 3.93. The van der Waals surface area contributed by atoms with Gasteiger partial charge in [0, 0.05) is 30.8 Å². The molecule has 6 heteroatoms. The number of hydrogen-bond donors (Lipinski definition) is 3. The summed E-state index contributed by atoms with van der Waals surface area (Å²) < 4.78 is 0. The highest BCUT2D eigenvalue weighted by Crippen LogP contribution is 2.14. The minimum atomic E-state index is -0.184. The zero-order valence-electron chi connectivity index (χ0n) is 16.3. The molecular formula is C22H27N3O3. The molecule has 2 rings (SSSR count). The van der Waals surface area contributed by atoms with Gasteiger partial charge in [0.05, 0.1) is 6.42 Å². The number of carbonyl (C=O) groups is 3. The number of nitrogens with one attached hydrogen (secondary N) is 3. The summed E-state index contributed by atoms with van der Waals surface area (Å²) in [5.41, 5.74) is 2.27. The second-order valence-electron chi connectivity index (χ2n) is 7.03. The lowest BCUT2D eigenvalue weighted by Crippen LogP contribution is -2.28. The van der Waals surface area contributed by atoms with Crippen LogP contribution in [0.1, 0.15) is 32.3 Å². The van der Waals surface area contributed by atoms with Crippen molar-refractivity contribution in [1.29, 1.82) is 0 Å². The molecule has 0 aromatic heterocycles. The molecule has 0 aliphatic rings. The molecular weight excluding hydrogens is 354 g/mol. The van der Waals surface area contributed by atoms with Crippen LogP contribution >= 0.6 is 0 Å². The average molecular weight is 381 g/mol. The van der Waals surface area contributed by atoms with E-state index in [-0.39, 0.29) is 30.7 Å². The van der Waals surface area contributed by atoms with E-state index in [1.165, 1.54) is 0 Å². The molecule has 0 aliphatic carbocycles. The van der Waals surface area contributed by atoms with Gasteiger partial charge in [-0.25, -0.2) is 0 Å². The van der Waals surface area contributed by atoms with Gasteiger partial charge in [-0.15, -0.1) is 0 Å². The SMILES string of the molecule is CC(C)CC(=O)Nc1ccc(NC(=O)CCNC(=O)Cc2ccccc2)cc1. The Labute approximate surface area is 165 Å². The van der Waals surface area contributed by atoms with Crippen LogP contribution in [-0.2, 0) is 20.8 Å². The second kappa shape index (κ2) is 10.9. The maximum atomic E-state index is 12.0. The van der Waals surface area contributed by atoms with Gasteiger partial charge in [-0.2, -0.15) is 0 Å². The normalized spacial score (nSPS) is 10.4. The number of anilines is 2. The van der Waals surface area contributed by atoms with Crippen molar-refractivity contribution in [3.05, 3.63) is 60.2 Å². The number of rotatable bonds is 9. The Kier molecular flexibility index (Phi) is 8.21. The van der Waals surface area contributed by atoms with Gasteiger partial charge >= 0.3 is 0 Å². The van der Waals surface area contributed by atoms with Crippen LogP contribution in [-0.4, -0.2) is 24.3 Å². The monoisotopic (exact) mass is 381 g/mol. The first-order valence-corrected chi connectivity index (χ1v) is 9.43. The van der Waals surface area contributed by atoms with Gasteiger partial charge in [0.2, 0.25) is 17.7 Å². The van der Waals surface area contributed by atoms with Crippen LogP contribution < -0.4 is 16.0 Å². The molecule has 0 saturated heterocycles. The summed E-state index contributed by atoms with van der Waals surface area (Å²) in [6, 6.07) is 16.4. The first-order chi connectivity index (χ1) is 13.4. The summed E-state index contributed by atoms with van der Waals surface area (Å²) in [6.45, 7) is 4.26. The Morgan fingerprint density at radius 2 is 1.36 bits per heavy atom. The molecule has 6 nitrogen and oxygen atoms in total. The number of benzene rings is 2. The van der Waals surface area contributed by atoms with Crippen LogP contribution in [0.25, 0.3) is 0 Å². The van der Waals surface area contributed by atoms with E-state index in [0.717, 1.165) is 5.56 Å². The Morgan fingerprint density at radius 1 is 0.786 bits per heavy atom. The molecule has 0 radical (unpaired) electrons. The van der Waals surface area contributed by atoms with E-state index in [1.807, 2.05) is 44.2 Å². The quantitative estimate of drug-likeness (QED) is 0.622. The zero-order valence-corrected chi connectivity index (χ0v) is 16.3. The largest absolute Gasteiger partial charge is 0.355 e. The van der Waals surface area contributed by atoms with Crippen molar-refractivity contribution < 1.29 is 14.4 Å². The minimum Gasteiger partial charge on any atom is -0.355 e. The van der Waals surface area contributed by atoms with Gasteiger partial charge in [-0.3, -0.25) is 14.4 Å². The van der Waals surface area contributed by atoms with Crippen molar-refractivity contribution in [1.82, 2.24) is 5.32 Å². The maximum absolute atomic E-state index is 12.0. The van der Waals surface area contributed by atoms with Gasteiger partial charge in [0.1, 0.15) is 0 Å². The summed E-state index contributed by atoms with van der Waals surface area (Å²) >= 11 is 0. The molecule has 0 atom stereocenters. The molecule has 0 aliphatic heterocycles. The maximum Gasteiger partial charge on any atom is 0.226 e. The van der Waals surface area contributed by atoms with E-state index in [1.54, 1.807) is 24.3 Å². The van der Waals surface area contributed by atoms with Crippen molar-refractivity contribution in [2.75, 3.05) is 17.2 Å². The Hall–Kier alpha value is -3.15. The molecule has 0 heterocycles. The molecule has 3 amide bonds. The number of amides is 3. The summed E-state index contributed by atoms with van der Waals surface area (Å²) in [6.07, 6.45) is 0.953. The van der Waals surface area contributed by atoms with E-state index < -0.39 is 0 Å². The second-order valence-corrected chi connectivity index (χ2v) is 7.03. The van der Waals surface area contributed by atoms with Gasteiger partial charge < -0.3 is 16.0 Å². The standard InChI is InChI=1S/C22H27N3O3/c1-16(2)14-22(28)25-19-10-8-18(9-11-19)24-20(26)12-13-23-21(27)15-17-6-4-3-5-7-17/h3-11,16H,12-15H2,1-2H3,(H,23,27)(H,24,26)(H,25,28). The van der Waals surface area contributed by atoms with Crippen LogP contribution in [0.5, 0.6) is 0 Å². The third kappa shape index (κ3) is 8.03. The van der Waals surface area contributed by atoms with Gasteiger partial charge in [-0.1, -0.05) is 44.2 Å². The molecule has 148 valence electrons. The topological polar surface area (TPSA) is 87.3 Å². The highest BCUT2D eigenvalue weighted by molar-refractivity contribution is 5.93. The fourth-order valence-corrected chi connectivity index (χ4v) is 2.60. The highest BCUT2D eigenvalue weighted by atomic mass is 16.2. The van der Waals surface area contributed by atoms with E-state index >= 15 is 0 Å². The lowest BCUT2D eigenvalue weighted by molar-refractivity contribution is -0.121. The van der Waals surface area contributed by atoms with Crippen molar-refractivity contribution in [3.63, 3.8) is 0 Å². The lowest BCUT2D eigenvalue weighted by atomic mass is 10.1. The number of hydrogen-bond acceptors (Lipinski definition) is 3. The van der Waals surface area contributed by atoms with Crippen LogP contribution in [0.15, 0.2) is 54.6 Å². The van der Waals surface area contributed by atoms with Crippen LogP contribution in [0.4, 0.5) is 11.4 Å². The Balaban J connectivity index is 1.69. The van der Waals surface area contributed by atoms with Gasteiger partial charge in [0.25, 0.3) is 0 Å². The molecule has 0 bridgehead atoms. The fraction of sp³-hybridized carbons (Fsp3) is 0.318. The van der Waals surface area contributed by atoms with Crippen LogP contribution in [0.2, 0.25) is 0 Å². The smallest absolute Gasteiger partial charge is 0.226 e. The molecule has 0 spiro atoms. The molecule has 0 fully saturated rings. The molecule has 2 aromatic carbocycles. The molecule has 2 aromatic rings. The molecule has 3 N–H and O–H groups in total. The van der Waals surface area contributed by atoms with E-state index in [9.17, 15) is 14.4 Å². The van der Waals surface area contributed by atoms with Crippen LogP contribution in [0, 0.1) is 5.92 Å². The van der Waals surface area contributed by atoms with E-state index in [4.69, 9.17) is 0 Å². The van der Waals surface area contributed by atoms with Gasteiger partial charge in [0.15, 0.2) is 0 Å². The average Bonchev–Trinajstić information content (AvgIpc) is 2.63. The Bertz CT molecular complexity index is 786. The molecule has 28 heavy (non-hydrogen) atoms. The molecule has 0 saturated carbocycles. The predicted molar refractivity (Wildman–Crippen MR) is 111 cm³/mol. The predicted octanol–water partition coefficient (Wildman–Crippen LogP) is 3.36. The van der Waals surface area contributed by atoms with Crippen molar-refractivity contribution in [2.24, 2.45) is 5.92 Å². The van der Waals surface area contributed by atoms with Crippen LogP contribution in [0.3, 0.4) is 0 Å². The third-order valence-corrected chi connectivity index (χ3v) is 3.93. The number of carbonyl (C=O) groups excluding carboxylic acids is 3. The van der Waals surface area contributed by atoms with Crippen molar-refractivity contribution >= 4 is 29.1 Å². The highest BCUT2D eigenvalue weighted by Gasteiger charge is 2.07. The van der Waals surface area contributed by atoms with Crippen molar-refractivity contribution in [3.8, 4) is 0 Å². The summed E-state index contributed by atoms with van der Waals surface area (Å²) in [7, 11) is 0. The zero-order chi connectivity index (χ0) is 20.4. The van der Waals surface area contributed by atoms with Crippen molar-refractivity contribution in [2.45, 2.75) is 33.1 Å². The fourth-order valence-electron chi connectivity index (χ4n) is 2.60. The summed E-state index contributed by atoms with van der Waals surface area (Å²) in [5.74, 6) is -0.0260. The summed E-state index contributed by atoms with van der Waals surface area (Å²) in [5, 5.41) is 8.34. The summed E-state index contributed by atoms with van der Waals surface area (Å²) in [4.78, 5) is 35.6. The first kappa shape index (κ1) is 21.2. The first-order valence-electron chi connectivity index (χ1n) is 9.43. The van der Waals surface area contributed by atoms with E-state index in [2.05, 4.69) is 16.0 Å². The lowest BCUT2D eigenvalue weighted by Gasteiger charge is -2.09. The Morgan fingerprint density at radius 3 is 1.93 bits per heavy atom.